The lowest BCUT2D eigenvalue weighted by molar-refractivity contribution is -0.138. The van der Waals surface area contributed by atoms with Crippen molar-refractivity contribution in [3.63, 3.8) is 0 Å². The molecule has 0 fully saturated rings. The third kappa shape index (κ3) is 3.24. The maximum atomic E-state index is 13.0. The van der Waals surface area contributed by atoms with E-state index in [1.165, 1.54) is 13.8 Å². The number of carbonyl (C=O) groups is 1. The van der Waals surface area contributed by atoms with Gasteiger partial charge in [-0.2, -0.15) is 4.72 Å². The van der Waals surface area contributed by atoms with Gasteiger partial charge in [-0.1, -0.05) is 0 Å². The van der Waals surface area contributed by atoms with Crippen LogP contribution in [-0.4, -0.2) is 25.5 Å². The van der Waals surface area contributed by atoms with Crippen molar-refractivity contribution < 1.29 is 22.7 Å². The van der Waals surface area contributed by atoms with Gasteiger partial charge in [0.2, 0.25) is 10.0 Å². The van der Waals surface area contributed by atoms with Crippen molar-refractivity contribution in [1.29, 1.82) is 0 Å². The minimum atomic E-state index is -3.94. The summed E-state index contributed by atoms with van der Waals surface area (Å²) in [5.41, 5.74) is 0.177. The quantitative estimate of drug-likeness (QED) is 0.843. The zero-order valence-corrected chi connectivity index (χ0v) is 10.1. The Morgan fingerprint density at radius 3 is 2.53 bits per heavy atom. The standard InChI is InChI=1S/C10H12FNO4S/c1-6-5-8(3-4-9(6)11)17(15,16)12-7(2)10(13)14/h3-5,7,12H,1-2H3,(H,13,14)/t7-/m0/s1. The summed E-state index contributed by atoms with van der Waals surface area (Å²) in [7, 11) is -3.94. The van der Waals surface area contributed by atoms with E-state index < -0.39 is 27.9 Å². The maximum absolute atomic E-state index is 13.0. The third-order valence-corrected chi connectivity index (χ3v) is 3.68. The first-order valence-electron chi connectivity index (χ1n) is 4.75. The Labute approximate surface area is 98.3 Å². The van der Waals surface area contributed by atoms with Gasteiger partial charge >= 0.3 is 5.97 Å². The van der Waals surface area contributed by atoms with Gasteiger partial charge in [-0.25, -0.2) is 12.8 Å². The summed E-state index contributed by atoms with van der Waals surface area (Å²) in [5, 5.41) is 8.60. The van der Waals surface area contributed by atoms with E-state index in [0.29, 0.717) is 0 Å². The Kier molecular flexibility index (Phi) is 3.84. The van der Waals surface area contributed by atoms with E-state index in [-0.39, 0.29) is 10.5 Å². The summed E-state index contributed by atoms with van der Waals surface area (Å²) in [6.07, 6.45) is 0. The van der Waals surface area contributed by atoms with E-state index in [1.807, 2.05) is 4.72 Å². The predicted molar refractivity (Wildman–Crippen MR) is 58.6 cm³/mol. The topological polar surface area (TPSA) is 83.5 Å². The van der Waals surface area contributed by atoms with E-state index in [2.05, 4.69) is 0 Å². The molecule has 0 saturated carbocycles. The highest BCUT2D eigenvalue weighted by Gasteiger charge is 2.21. The molecule has 0 unspecified atom stereocenters. The third-order valence-electron chi connectivity index (χ3n) is 2.14. The van der Waals surface area contributed by atoms with Gasteiger partial charge in [0.25, 0.3) is 0 Å². The minimum Gasteiger partial charge on any atom is -0.480 e. The monoisotopic (exact) mass is 261 g/mol. The van der Waals surface area contributed by atoms with E-state index in [1.54, 1.807) is 0 Å². The molecule has 0 heterocycles. The van der Waals surface area contributed by atoms with Crippen LogP contribution in [0.1, 0.15) is 12.5 Å². The van der Waals surface area contributed by atoms with Gasteiger partial charge in [-0.05, 0) is 37.6 Å². The van der Waals surface area contributed by atoms with Gasteiger partial charge in [0, 0.05) is 0 Å². The molecule has 0 aromatic heterocycles. The highest BCUT2D eigenvalue weighted by molar-refractivity contribution is 7.89. The molecule has 17 heavy (non-hydrogen) atoms. The van der Waals surface area contributed by atoms with Crippen LogP contribution in [0.3, 0.4) is 0 Å². The number of carboxylic acid groups (broad SMARTS) is 1. The van der Waals surface area contributed by atoms with Crippen molar-refractivity contribution in [3.8, 4) is 0 Å². The van der Waals surface area contributed by atoms with E-state index in [9.17, 15) is 17.6 Å². The molecular formula is C10H12FNO4S. The Balaban J connectivity index is 3.05. The second-order valence-electron chi connectivity index (χ2n) is 3.59. The molecular weight excluding hydrogens is 249 g/mol. The number of aliphatic carboxylic acids is 1. The van der Waals surface area contributed by atoms with Crippen LogP contribution in [0, 0.1) is 12.7 Å². The fraction of sp³-hybridized carbons (Fsp3) is 0.300. The highest BCUT2D eigenvalue weighted by Crippen LogP contribution is 2.14. The smallest absolute Gasteiger partial charge is 0.321 e. The van der Waals surface area contributed by atoms with Crippen molar-refractivity contribution in [2.75, 3.05) is 0 Å². The lowest BCUT2D eigenvalue weighted by Gasteiger charge is -2.10. The number of carboxylic acids is 1. The second-order valence-corrected chi connectivity index (χ2v) is 5.31. The van der Waals surface area contributed by atoms with Crippen molar-refractivity contribution in [2.45, 2.75) is 24.8 Å². The molecule has 0 aliphatic heterocycles. The average molecular weight is 261 g/mol. The van der Waals surface area contributed by atoms with Crippen LogP contribution >= 0.6 is 0 Å². The Bertz CT molecular complexity index is 541. The molecule has 0 radical (unpaired) electrons. The van der Waals surface area contributed by atoms with Crippen LogP contribution in [0.2, 0.25) is 0 Å². The number of hydrogen-bond acceptors (Lipinski definition) is 3. The van der Waals surface area contributed by atoms with E-state index in [4.69, 9.17) is 5.11 Å². The number of sulfonamides is 1. The Hall–Kier alpha value is -1.47. The molecule has 0 amide bonds. The van der Waals surface area contributed by atoms with Crippen molar-refractivity contribution in [1.82, 2.24) is 4.72 Å². The molecule has 94 valence electrons. The SMILES string of the molecule is Cc1cc(S(=O)(=O)N[C@@H](C)C(=O)O)ccc1F. The lowest BCUT2D eigenvalue weighted by atomic mass is 10.2. The number of rotatable bonds is 4. The Morgan fingerprint density at radius 2 is 2.06 bits per heavy atom. The molecule has 1 aromatic carbocycles. The van der Waals surface area contributed by atoms with Crippen LogP contribution in [0.4, 0.5) is 4.39 Å². The molecule has 0 aliphatic rings. The van der Waals surface area contributed by atoms with Crippen LogP contribution < -0.4 is 4.72 Å². The average Bonchev–Trinajstić information content (AvgIpc) is 2.21. The van der Waals surface area contributed by atoms with Crippen molar-refractivity contribution >= 4 is 16.0 Å². The molecule has 0 spiro atoms. The summed E-state index contributed by atoms with van der Waals surface area (Å²) >= 11 is 0. The van der Waals surface area contributed by atoms with Gasteiger partial charge in [0.1, 0.15) is 11.9 Å². The van der Waals surface area contributed by atoms with Crippen LogP contribution in [0.5, 0.6) is 0 Å². The number of aryl methyl sites for hydroxylation is 1. The zero-order chi connectivity index (χ0) is 13.2. The fourth-order valence-electron chi connectivity index (χ4n) is 1.14. The molecule has 0 saturated heterocycles. The normalized spacial score (nSPS) is 13.4. The summed E-state index contributed by atoms with van der Waals surface area (Å²) < 4.78 is 38.4. The fourth-order valence-corrected chi connectivity index (χ4v) is 2.42. The van der Waals surface area contributed by atoms with Crippen LogP contribution in [0.15, 0.2) is 23.1 Å². The first-order chi connectivity index (χ1) is 7.74. The first kappa shape index (κ1) is 13.6. The van der Waals surface area contributed by atoms with Gasteiger partial charge in [0.15, 0.2) is 0 Å². The minimum absolute atomic E-state index is 0.162. The zero-order valence-electron chi connectivity index (χ0n) is 9.27. The number of halogens is 1. The number of hydrogen-bond donors (Lipinski definition) is 2. The molecule has 5 nitrogen and oxygen atoms in total. The van der Waals surface area contributed by atoms with Crippen LogP contribution in [0.25, 0.3) is 0 Å². The highest BCUT2D eigenvalue weighted by atomic mass is 32.2. The lowest BCUT2D eigenvalue weighted by Crippen LogP contribution is -2.38. The molecule has 2 N–H and O–H groups in total. The number of benzene rings is 1. The second kappa shape index (κ2) is 4.80. The predicted octanol–water partition coefficient (Wildman–Crippen LogP) is 0.886. The number of nitrogens with one attached hydrogen (secondary N) is 1. The van der Waals surface area contributed by atoms with Gasteiger partial charge in [0.05, 0.1) is 4.90 Å². The summed E-state index contributed by atoms with van der Waals surface area (Å²) in [5.74, 6) is -1.80. The summed E-state index contributed by atoms with van der Waals surface area (Å²) in [4.78, 5) is 10.4. The van der Waals surface area contributed by atoms with E-state index >= 15 is 0 Å². The molecule has 0 aliphatic carbocycles. The first-order valence-corrected chi connectivity index (χ1v) is 6.23. The molecule has 1 aromatic rings. The largest absolute Gasteiger partial charge is 0.480 e. The van der Waals surface area contributed by atoms with Crippen molar-refractivity contribution in [2.24, 2.45) is 0 Å². The van der Waals surface area contributed by atoms with Gasteiger partial charge in [-0.3, -0.25) is 4.79 Å². The van der Waals surface area contributed by atoms with Gasteiger partial charge in [-0.15, -0.1) is 0 Å². The Morgan fingerprint density at radius 1 is 1.47 bits per heavy atom. The van der Waals surface area contributed by atoms with Crippen LogP contribution in [-0.2, 0) is 14.8 Å². The molecule has 1 atom stereocenters. The van der Waals surface area contributed by atoms with E-state index in [0.717, 1.165) is 18.2 Å². The van der Waals surface area contributed by atoms with Crippen molar-refractivity contribution in [3.05, 3.63) is 29.6 Å². The summed E-state index contributed by atoms with van der Waals surface area (Å²) in [6, 6.07) is 2.01. The van der Waals surface area contributed by atoms with Gasteiger partial charge < -0.3 is 5.11 Å². The molecule has 7 heteroatoms. The summed E-state index contributed by atoms with van der Waals surface area (Å²) in [6.45, 7) is 2.63. The molecule has 0 bridgehead atoms. The molecule has 1 rings (SSSR count). The maximum Gasteiger partial charge on any atom is 0.321 e.